The Balaban J connectivity index is 1.79. The highest BCUT2D eigenvalue weighted by Crippen LogP contribution is 2.36. The molecule has 0 radical (unpaired) electrons. The van der Waals surface area contributed by atoms with Crippen LogP contribution < -0.4 is 9.64 Å². The lowest BCUT2D eigenvalue weighted by molar-refractivity contribution is -0.112. The number of rotatable bonds is 2. The molecule has 0 atom stereocenters. The van der Waals surface area contributed by atoms with Gasteiger partial charge in [-0.05, 0) is 30.3 Å². The Hall–Kier alpha value is -2.45. The van der Waals surface area contributed by atoms with Crippen molar-refractivity contribution in [3.05, 3.63) is 57.3 Å². The fraction of sp³-hybridized carbons (Fsp3) is 0.176. The number of benzene rings is 2. The zero-order valence-electron chi connectivity index (χ0n) is 12.8. The van der Waals surface area contributed by atoms with Gasteiger partial charge >= 0.3 is 0 Å². The normalized spacial score (nSPS) is 17.4. The third kappa shape index (κ3) is 2.67. The molecule has 0 bridgehead atoms. The maximum absolute atomic E-state index is 13.9. The largest absolute Gasteiger partial charge is 0.467 e. The molecule has 8 heteroatoms. The Morgan fingerprint density at radius 3 is 2.96 bits per heavy atom. The average molecular weight is 407 g/mol. The van der Waals surface area contributed by atoms with Crippen LogP contribution >= 0.6 is 15.9 Å². The predicted octanol–water partition coefficient (Wildman–Crippen LogP) is 3.18. The van der Waals surface area contributed by atoms with Crippen molar-refractivity contribution >= 4 is 33.2 Å². The van der Waals surface area contributed by atoms with Gasteiger partial charge in [-0.2, -0.15) is 0 Å². The van der Waals surface area contributed by atoms with Crippen molar-refractivity contribution in [2.45, 2.75) is 13.2 Å². The second kappa shape index (κ2) is 6.12. The van der Waals surface area contributed by atoms with E-state index >= 15 is 0 Å². The molecule has 0 aliphatic carbocycles. The van der Waals surface area contributed by atoms with E-state index in [1.54, 1.807) is 18.2 Å². The van der Waals surface area contributed by atoms with Crippen molar-refractivity contribution in [3.63, 3.8) is 0 Å². The quantitative estimate of drug-likeness (QED) is 0.613. The van der Waals surface area contributed by atoms with Gasteiger partial charge < -0.3 is 19.6 Å². The van der Waals surface area contributed by atoms with Crippen LogP contribution in [0.5, 0.6) is 5.75 Å². The van der Waals surface area contributed by atoms with Crippen LogP contribution in [0.4, 0.5) is 10.1 Å². The van der Waals surface area contributed by atoms with Crippen molar-refractivity contribution in [2.75, 3.05) is 11.7 Å². The predicted molar refractivity (Wildman–Crippen MR) is 90.3 cm³/mol. The summed E-state index contributed by atoms with van der Waals surface area (Å²) in [6, 6.07) is 7.89. The monoisotopic (exact) mass is 406 g/mol. The van der Waals surface area contributed by atoms with Crippen molar-refractivity contribution in [1.29, 1.82) is 0 Å². The molecule has 1 amide bonds. The molecule has 0 aromatic heterocycles. The summed E-state index contributed by atoms with van der Waals surface area (Å²) in [6.45, 7) is 0.409. The summed E-state index contributed by atoms with van der Waals surface area (Å²) in [5.74, 6) is -0.368. The third-order valence-electron chi connectivity index (χ3n) is 4.13. The summed E-state index contributed by atoms with van der Waals surface area (Å²) in [5.41, 5.74) is 2.18. The summed E-state index contributed by atoms with van der Waals surface area (Å²) in [4.78, 5) is 14.1. The highest BCUT2D eigenvalue weighted by atomic mass is 79.9. The summed E-state index contributed by atoms with van der Waals surface area (Å²) in [7, 11) is 0. The number of oxime groups is 1. The van der Waals surface area contributed by atoms with Gasteiger partial charge in [-0.3, -0.25) is 4.79 Å². The van der Waals surface area contributed by atoms with E-state index in [0.717, 1.165) is 4.47 Å². The number of hydrogen-bond donors (Lipinski definition) is 1. The summed E-state index contributed by atoms with van der Waals surface area (Å²) >= 11 is 3.37. The van der Waals surface area contributed by atoms with E-state index in [-0.39, 0.29) is 25.7 Å². The number of carbonyl (C=O) groups excluding carboxylic acids is 1. The fourth-order valence-corrected chi connectivity index (χ4v) is 3.43. The maximum atomic E-state index is 13.9. The second-order valence-electron chi connectivity index (χ2n) is 5.67. The number of ether oxygens (including phenoxy) is 2. The number of amides is 1. The number of carbonyl (C=O) groups is 1. The van der Waals surface area contributed by atoms with E-state index in [2.05, 4.69) is 21.1 Å². The second-order valence-corrected chi connectivity index (χ2v) is 6.58. The smallest absolute Gasteiger partial charge is 0.281 e. The first-order valence-corrected chi connectivity index (χ1v) is 8.23. The van der Waals surface area contributed by atoms with Crippen molar-refractivity contribution in [1.82, 2.24) is 0 Å². The number of nitrogens with zero attached hydrogens (tertiary/aromatic N) is 2. The SMILES string of the molecule is O=C1/C(=N\O)c2ccc(Br)cc2N1Cc1cc(F)cc2c1OCOC2. The average Bonchev–Trinajstić information content (AvgIpc) is 2.85. The first-order chi connectivity index (χ1) is 12.1. The van der Waals surface area contributed by atoms with E-state index in [1.165, 1.54) is 17.0 Å². The lowest BCUT2D eigenvalue weighted by Crippen LogP contribution is -2.30. The molecule has 2 aromatic rings. The summed E-state index contributed by atoms with van der Waals surface area (Å²) in [6.07, 6.45) is 0. The van der Waals surface area contributed by atoms with Crippen LogP contribution in [0.15, 0.2) is 40.0 Å². The molecule has 6 nitrogen and oxygen atoms in total. The van der Waals surface area contributed by atoms with E-state index in [9.17, 15) is 14.4 Å². The standard InChI is InChI=1S/C17H12BrFN2O4/c18-11-1-2-13-14(5-11)21(17(22)15(13)20-23)6-9-3-12(19)4-10-7-24-8-25-16(9)10/h1-5,23H,6-8H2/b20-15-. The molecule has 2 heterocycles. The van der Waals surface area contributed by atoms with E-state index < -0.39 is 11.7 Å². The van der Waals surface area contributed by atoms with Crippen LogP contribution in [0.25, 0.3) is 0 Å². The van der Waals surface area contributed by atoms with Gasteiger partial charge in [0.25, 0.3) is 5.91 Å². The van der Waals surface area contributed by atoms with Crippen molar-refractivity contribution < 1.29 is 23.9 Å². The van der Waals surface area contributed by atoms with Gasteiger partial charge in [0.2, 0.25) is 0 Å². The minimum absolute atomic E-state index is 0.0444. The van der Waals surface area contributed by atoms with E-state index in [4.69, 9.17) is 9.47 Å². The molecule has 1 N–H and O–H groups in total. The minimum atomic E-state index is -0.458. The molecular formula is C17H12BrFN2O4. The topological polar surface area (TPSA) is 71.4 Å². The van der Waals surface area contributed by atoms with Crippen LogP contribution in [-0.2, 0) is 22.7 Å². The molecule has 25 heavy (non-hydrogen) atoms. The first kappa shape index (κ1) is 16.0. The lowest BCUT2D eigenvalue weighted by atomic mass is 10.1. The minimum Gasteiger partial charge on any atom is -0.467 e. The molecule has 0 spiro atoms. The van der Waals surface area contributed by atoms with Crippen LogP contribution in [0.3, 0.4) is 0 Å². The fourth-order valence-electron chi connectivity index (χ4n) is 3.08. The summed E-state index contributed by atoms with van der Waals surface area (Å²) in [5, 5.41) is 12.3. The maximum Gasteiger partial charge on any atom is 0.281 e. The van der Waals surface area contributed by atoms with Gasteiger partial charge in [-0.15, -0.1) is 0 Å². The van der Waals surface area contributed by atoms with Crippen LogP contribution in [-0.4, -0.2) is 23.6 Å². The van der Waals surface area contributed by atoms with Crippen LogP contribution in [0.2, 0.25) is 0 Å². The van der Waals surface area contributed by atoms with Crippen LogP contribution in [0.1, 0.15) is 16.7 Å². The highest BCUT2D eigenvalue weighted by Gasteiger charge is 2.35. The molecule has 2 aliphatic heterocycles. The Kier molecular flexibility index (Phi) is 3.93. The molecule has 128 valence electrons. The molecule has 0 saturated carbocycles. The number of hydrogen-bond acceptors (Lipinski definition) is 5. The molecule has 2 aliphatic rings. The molecule has 0 saturated heterocycles. The van der Waals surface area contributed by atoms with Gasteiger partial charge in [-0.25, -0.2) is 4.39 Å². The Morgan fingerprint density at radius 1 is 1.32 bits per heavy atom. The lowest BCUT2D eigenvalue weighted by Gasteiger charge is -2.24. The van der Waals surface area contributed by atoms with Crippen molar-refractivity contribution in [3.8, 4) is 5.75 Å². The Morgan fingerprint density at radius 2 is 2.16 bits per heavy atom. The molecule has 0 unspecified atom stereocenters. The highest BCUT2D eigenvalue weighted by molar-refractivity contribution is 9.10. The zero-order valence-corrected chi connectivity index (χ0v) is 14.4. The number of fused-ring (bicyclic) bond motifs is 2. The van der Waals surface area contributed by atoms with Gasteiger partial charge in [-0.1, -0.05) is 21.1 Å². The van der Waals surface area contributed by atoms with Crippen LogP contribution in [0, 0.1) is 5.82 Å². The van der Waals surface area contributed by atoms with E-state index in [0.29, 0.717) is 28.1 Å². The van der Waals surface area contributed by atoms with E-state index in [1.807, 2.05) is 0 Å². The first-order valence-electron chi connectivity index (χ1n) is 7.44. The molecular weight excluding hydrogens is 395 g/mol. The molecule has 0 fully saturated rings. The molecule has 2 aromatic carbocycles. The zero-order chi connectivity index (χ0) is 17.6. The third-order valence-corrected chi connectivity index (χ3v) is 4.63. The van der Waals surface area contributed by atoms with Gasteiger partial charge in [0.05, 0.1) is 18.8 Å². The Bertz CT molecular complexity index is 916. The number of anilines is 1. The van der Waals surface area contributed by atoms with Gasteiger partial charge in [0.1, 0.15) is 11.6 Å². The Labute approximate surface area is 150 Å². The number of halogens is 2. The molecule has 4 rings (SSSR count). The van der Waals surface area contributed by atoms with Gasteiger partial charge in [0.15, 0.2) is 12.5 Å². The van der Waals surface area contributed by atoms with Crippen molar-refractivity contribution in [2.24, 2.45) is 5.16 Å². The van der Waals surface area contributed by atoms with Gasteiger partial charge in [0, 0.05) is 21.2 Å². The summed E-state index contributed by atoms with van der Waals surface area (Å²) < 4.78 is 25.4.